The van der Waals surface area contributed by atoms with Crippen LogP contribution in [0.3, 0.4) is 0 Å². The lowest BCUT2D eigenvalue weighted by Gasteiger charge is -2.18. The molecule has 1 fully saturated rings. The van der Waals surface area contributed by atoms with E-state index in [-0.39, 0.29) is 17.8 Å². The number of hydrogen-bond donors (Lipinski definition) is 1. The molecule has 7 heteroatoms. The van der Waals surface area contributed by atoms with Gasteiger partial charge in [-0.2, -0.15) is 18.2 Å². The minimum Gasteiger partial charge on any atom is -0.363 e. The van der Waals surface area contributed by atoms with Crippen molar-refractivity contribution in [1.29, 1.82) is 0 Å². The smallest absolute Gasteiger partial charge is 0.363 e. The Morgan fingerprint density at radius 3 is 2.45 bits per heavy atom. The van der Waals surface area contributed by atoms with Crippen LogP contribution < -0.4 is 10.2 Å². The first-order chi connectivity index (χ1) is 9.25. The second-order valence-corrected chi connectivity index (χ2v) is 5.59. The largest absolute Gasteiger partial charge is 0.433 e. The summed E-state index contributed by atoms with van der Waals surface area (Å²) in [7, 11) is 3.31. The van der Waals surface area contributed by atoms with Gasteiger partial charge in [-0.1, -0.05) is 6.92 Å². The molecule has 1 N–H and O–H groups in total. The molecular weight excluding hydrogens is 269 g/mol. The molecule has 1 aliphatic rings. The van der Waals surface area contributed by atoms with Crippen molar-refractivity contribution in [2.75, 3.05) is 24.3 Å². The fourth-order valence-corrected chi connectivity index (χ4v) is 2.39. The number of nitrogens with zero attached hydrogens (tertiary/aromatic N) is 3. The maximum atomic E-state index is 12.9. The number of rotatable bonds is 3. The Bertz CT molecular complexity index is 473. The first-order valence-electron chi connectivity index (χ1n) is 6.66. The van der Waals surface area contributed by atoms with Gasteiger partial charge in [0.05, 0.1) is 0 Å². The average Bonchev–Trinajstić information content (AvgIpc) is 2.73. The van der Waals surface area contributed by atoms with Gasteiger partial charge in [0, 0.05) is 26.2 Å². The Labute approximate surface area is 116 Å². The molecule has 0 saturated heterocycles. The van der Waals surface area contributed by atoms with E-state index < -0.39 is 11.9 Å². The van der Waals surface area contributed by atoms with E-state index in [0.29, 0.717) is 5.92 Å². The standard InChI is InChI=1S/C13H19F3N4/c1-8-4-5-9(6-8)17-12-18-10(13(14,15)16)7-11(19-12)20(2)3/h7-9H,4-6H2,1-3H3,(H,17,18,19). The van der Waals surface area contributed by atoms with Gasteiger partial charge in [0.15, 0.2) is 5.69 Å². The zero-order valence-corrected chi connectivity index (χ0v) is 11.8. The summed E-state index contributed by atoms with van der Waals surface area (Å²) in [5.74, 6) is 0.898. The summed E-state index contributed by atoms with van der Waals surface area (Å²) in [6.07, 6.45) is -1.50. The maximum Gasteiger partial charge on any atom is 0.433 e. The van der Waals surface area contributed by atoms with Crippen LogP contribution in [0, 0.1) is 5.92 Å². The van der Waals surface area contributed by atoms with Crippen molar-refractivity contribution >= 4 is 11.8 Å². The zero-order valence-electron chi connectivity index (χ0n) is 11.8. The summed E-state index contributed by atoms with van der Waals surface area (Å²) < 4.78 is 38.6. The Balaban J connectivity index is 2.25. The molecule has 0 spiro atoms. The zero-order chi connectivity index (χ0) is 14.9. The van der Waals surface area contributed by atoms with Gasteiger partial charge in [-0.05, 0) is 25.2 Å². The topological polar surface area (TPSA) is 41.1 Å². The van der Waals surface area contributed by atoms with Gasteiger partial charge in [-0.15, -0.1) is 0 Å². The van der Waals surface area contributed by atoms with Gasteiger partial charge < -0.3 is 10.2 Å². The SMILES string of the molecule is CC1CCC(Nc2nc(N(C)C)cc(C(F)(F)F)n2)C1. The van der Waals surface area contributed by atoms with Crippen LogP contribution in [0.5, 0.6) is 0 Å². The molecule has 0 aromatic carbocycles. The van der Waals surface area contributed by atoms with E-state index in [1.54, 1.807) is 19.0 Å². The van der Waals surface area contributed by atoms with Gasteiger partial charge >= 0.3 is 6.18 Å². The highest BCUT2D eigenvalue weighted by molar-refractivity contribution is 5.44. The highest BCUT2D eigenvalue weighted by Crippen LogP contribution is 2.31. The van der Waals surface area contributed by atoms with E-state index >= 15 is 0 Å². The van der Waals surface area contributed by atoms with E-state index in [9.17, 15) is 13.2 Å². The molecule has 1 heterocycles. The van der Waals surface area contributed by atoms with Crippen molar-refractivity contribution in [3.63, 3.8) is 0 Å². The second kappa shape index (κ2) is 5.46. The van der Waals surface area contributed by atoms with Crippen molar-refractivity contribution in [2.45, 2.75) is 38.4 Å². The molecule has 2 unspecified atom stereocenters. The Hall–Kier alpha value is -1.53. The van der Waals surface area contributed by atoms with Crippen LogP contribution in [-0.2, 0) is 6.18 Å². The summed E-state index contributed by atoms with van der Waals surface area (Å²) in [6.45, 7) is 2.14. The maximum absolute atomic E-state index is 12.9. The molecule has 0 amide bonds. The molecule has 20 heavy (non-hydrogen) atoms. The van der Waals surface area contributed by atoms with E-state index in [0.717, 1.165) is 25.3 Å². The number of halogens is 3. The van der Waals surface area contributed by atoms with Crippen LogP contribution in [0.25, 0.3) is 0 Å². The van der Waals surface area contributed by atoms with Crippen LogP contribution in [0.2, 0.25) is 0 Å². The predicted molar refractivity (Wildman–Crippen MR) is 71.8 cm³/mol. The molecule has 1 aromatic heterocycles. The van der Waals surface area contributed by atoms with Crippen molar-refractivity contribution in [2.24, 2.45) is 5.92 Å². The second-order valence-electron chi connectivity index (χ2n) is 5.59. The fourth-order valence-electron chi connectivity index (χ4n) is 2.39. The molecule has 0 aliphatic heterocycles. The average molecular weight is 288 g/mol. The lowest BCUT2D eigenvalue weighted by atomic mass is 10.1. The molecule has 1 saturated carbocycles. The summed E-state index contributed by atoms with van der Waals surface area (Å²) in [6, 6.07) is 1.12. The minimum atomic E-state index is -4.47. The fraction of sp³-hybridized carbons (Fsp3) is 0.692. The Morgan fingerprint density at radius 2 is 1.95 bits per heavy atom. The molecule has 0 bridgehead atoms. The summed E-state index contributed by atoms with van der Waals surface area (Å²) in [4.78, 5) is 9.28. The number of anilines is 2. The van der Waals surface area contributed by atoms with Crippen molar-refractivity contribution in [1.82, 2.24) is 9.97 Å². The minimum absolute atomic E-state index is 0.0580. The lowest BCUT2D eigenvalue weighted by Crippen LogP contribution is -2.21. The van der Waals surface area contributed by atoms with E-state index in [1.165, 1.54) is 0 Å². The first kappa shape index (κ1) is 14.9. The van der Waals surface area contributed by atoms with Gasteiger partial charge in [0.25, 0.3) is 0 Å². The summed E-state index contributed by atoms with van der Waals surface area (Å²) >= 11 is 0. The third kappa shape index (κ3) is 3.52. The molecule has 4 nitrogen and oxygen atoms in total. The first-order valence-corrected chi connectivity index (χ1v) is 6.66. The highest BCUT2D eigenvalue weighted by Gasteiger charge is 2.34. The summed E-state index contributed by atoms with van der Waals surface area (Å²) in [5.41, 5.74) is -0.912. The third-order valence-electron chi connectivity index (χ3n) is 3.49. The van der Waals surface area contributed by atoms with Crippen LogP contribution in [0.15, 0.2) is 6.07 Å². The predicted octanol–water partition coefficient (Wildman–Crippen LogP) is 3.16. The number of aromatic nitrogens is 2. The van der Waals surface area contributed by atoms with Crippen molar-refractivity contribution in [3.8, 4) is 0 Å². The Kier molecular flexibility index (Phi) is 4.06. The Morgan fingerprint density at radius 1 is 1.25 bits per heavy atom. The lowest BCUT2D eigenvalue weighted by molar-refractivity contribution is -0.141. The van der Waals surface area contributed by atoms with Crippen molar-refractivity contribution in [3.05, 3.63) is 11.8 Å². The van der Waals surface area contributed by atoms with Gasteiger partial charge in [0.1, 0.15) is 5.82 Å². The third-order valence-corrected chi connectivity index (χ3v) is 3.49. The molecule has 0 radical (unpaired) electrons. The molecule has 1 aliphatic carbocycles. The molecule has 2 atom stereocenters. The van der Waals surface area contributed by atoms with Gasteiger partial charge in [0.2, 0.25) is 5.95 Å². The van der Waals surface area contributed by atoms with Gasteiger partial charge in [-0.3, -0.25) is 0 Å². The van der Waals surface area contributed by atoms with Crippen LogP contribution in [0.4, 0.5) is 24.9 Å². The monoisotopic (exact) mass is 288 g/mol. The van der Waals surface area contributed by atoms with Crippen molar-refractivity contribution < 1.29 is 13.2 Å². The molecular formula is C13H19F3N4. The molecule has 112 valence electrons. The van der Waals surface area contributed by atoms with Crippen LogP contribution in [0.1, 0.15) is 31.9 Å². The summed E-state index contributed by atoms with van der Waals surface area (Å²) in [5, 5.41) is 3.03. The van der Waals surface area contributed by atoms with E-state index in [4.69, 9.17) is 0 Å². The number of alkyl halides is 3. The molecule has 1 aromatic rings. The van der Waals surface area contributed by atoms with Crippen LogP contribution in [-0.4, -0.2) is 30.1 Å². The van der Waals surface area contributed by atoms with E-state index in [2.05, 4.69) is 22.2 Å². The number of hydrogen-bond acceptors (Lipinski definition) is 4. The number of nitrogens with one attached hydrogen (secondary N) is 1. The molecule has 2 rings (SSSR count). The quantitative estimate of drug-likeness (QED) is 0.927. The van der Waals surface area contributed by atoms with Crippen LogP contribution >= 0.6 is 0 Å². The highest BCUT2D eigenvalue weighted by atomic mass is 19.4. The van der Waals surface area contributed by atoms with Gasteiger partial charge in [-0.25, -0.2) is 4.98 Å². The van der Waals surface area contributed by atoms with E-state index in [1.807, 2.05) is 0 Å². The normalized spacial score (nSPS) is 22.9.